The van der Waals surface area contributed by atoms with E-state index in [1.54, 1.807) is 0 Å². The van der Waals surface area contributed by atoms with Crippen LogP contribution in [0.5, 0.6) is 0 Å². The van der Waals surface area contributed by atoms with E-state index in [9.17, 15) is 9.59 Å². The number of hydrogen-bond acceptors (Lipinski definition) is 4. The second-order valence-electron chi connectivity index (χ2n) is 1.82. The van der Waals surface area contributed by atoms with Crippen molar-refractivity contribution in [3.8, 4) is 0 Å². The molecule has 12 heavy (non-hydrogen) atoms. The largest absolute Gasteiger partial charge is 0.364 e. The normalized spacial score (nSPS) is 9.67. The molecule has 0 spiro atoms. The van der Waals surface area contributed by atoms with Gasteiger partial charge in [-0.2, -0.15) is 0 Å². The predicted molar refractivity (Wildman–Crippen MR) is 41.5 cm³/mol. The summed E-state index contributed by atoms with van der Waals surface area (Å²) in [6.07, 6.45) is 0. The van der Waals surface area contributed by atoms with E-state index in [2.05, 4.69) is 23.4 Å². The summed E-state index contributed by atoms with van der Waals surface area (Å²) in [4.78, 5) is 20.6. The van der Waals surface area contributed by atoms with Gasteiger partial charge in [-0.15, -0.1) is 10.2 Å². The Kier molecular flexibility index (Phi) is 3.35. The van der Waals surface area contributed by atoms with Crippen molar-refractivity contribution in [1.29, 1.82) is 0 Å². The molecule has 4 N–H and O–H groups in total. The highest BCUT2D eigenvalue weighted by Gasteiger charge is 2.01. The van der Waals surface area contributed by atoms with Crippen molar-refractivity contribution in [3.05, 3.63) is 24.6 Å². The molecule has 0 unspecified atom stereocenters. The molecular formula is C6H8N4O2. The maximum Gasteiger partial charge on any atom is 0.268 e. The molecule has 64 valence electrons. The van der Waals surface area contributed by atoms with Gasteiger partial charge >= 0.3 is 0 Å². The first kappa shape index (κ1) is 10.0. The highest BCUT2D eigenvalue weighted by atomic mass is 16.1. The van der Waals surface area contributed by atoms with Gasteiger partial charge in [0.1, 0.15) is 11.4 Å². The standard InChI is InChI=1S/C6H8N4O2/c1-3(5(7)11)9-10-4(2)6(8)12/h1-2H2,(H2,7,11)(H2,8,12)/b10-9+. The fraction of sp³-hybridized carbons (Fsp3) is 0. The van der Waals surface area contributed by atoms with Crippen LogP contribution in [0.2, 0.25) is 0 Å². The first-order chi connectivity index (χ1) is 5.45. The Hall–Kier alpha value is -1.98. The predicted octanol–water partition coefficient (Wildman–Crippen LogP) is -0.563. The molecule has 0 atom stereocenters. The third-order valence-corrected chi connectivity index (χ3v) is 0.860. The minimum atomic E-state index is -0.823. The SMILES string of the molecule is C=C(/N=N/C(=C)C(N)=O)C(N)=O. The number of rotatable bonds is 4. The van der Waals surface area contributed by atoms with Gasteiger partial charge in [-0.25, -0.2) is 0 Å². The molecular weight excluding hydrogens is 160 g/mol. The maximum atomic E-state index is 10.3. The summed E-state index contributed by atoms with van der Waals surface area (Å²) < 4.78 is 0. The van der Waals surface area contributed by atoms with Crippen molar-refractivity contribution in [2.75, 3.05) is 0 Å². The summed E-state index contributed by atoms with van der Waals surface area (Å²) in [7, 11) is 0. The Morgan fingerprint density at radius 1 is 0.917 bits per heavy atom. The zero-order valence-corrected chi connectivity index (χ0v) is 6.28. The van der Waals surface area contributed by atoms with E-state index < -0.39 is 11.8 Å². The number of primary amides is 2. The number of hydrogen-bond donors (Lipinski definition) is 2. The fourth-order valence-corrected chi connectivity index (χ4v) is 0.219. The summed E-state index contributed by atoms with van der Waals surface area (Å²) in [5.74, 6) is -1.65. The molecule has 0 heterocycles. The Labute approximate surface area is 68.6 Å². The highest BCUT2D eigenvalue weighted by molar-refractivity contribution is 5.92. The van der Waals surface area contributed by atoms with Crippen molar-refractivity contribution >= 4 is 11.8 Å². The molecule has 0 aliphatic rings. The van der Waals surface area contributed by atoms with E-state index >= 15 is 0 Å². The number of nitrogens with two attached hydrogens (primary N) is 2. The molecule has 0 saturated heterocycles. The molecule has 0 aliphatic heterocycles. The molecule has 0 saturated carbocycles. The summed E-state index contributed by atoms with van der Waals surface area (Å²) >= 11 is 0. The van der Waals surface area contributed by atoms with Crippen molar-refractivity contribution in [3.63, 3.8) is 0 Å². The Bertz CT molecular complexity index is 251. The van der Waals surface area contributed by atoms with Crippen LogP contribution in [0.25, 0.3) is 0 Å². The zero-order chi connectivity index (χ0) is 9.72. The van der Waals surface area contributed by atoms with Gasteiger partial charge in [-0.1, -0.05) is 13.2 Å². The maximum absolute atomic E-state index is 10.3. The van der Waals surface area contributed by atoms with Gasteiger partial charge in [0, 0.05) is 0 Å². The molecule has 0 bridgehead atoms. The lowest BCUT2D eigenvalue weighted by Crippen LogP contribution is -2.13. The van der Waals surface area contributed by atoms with Crippen LogP contribution >= 0.6 is 0 Å². The number of carbonyl (C=O) groups is 2. The quantitative estimate of drug-likeness (QED) is 0.433. The van der Waals surface area contributed by atoms with Gasteiger partial charge in [-0.05, 0) is 0 Å². The molecule has 0 radical (unpaired) electrons. The fourth-order valence-electron chi connectivity index (χ4n) is 0.219. The molecule has 0 aromatic heterocycles. The minimum absolute atomic E-state index is 0.266. The van der Waals surface area contributed by atoms with Gasteiger partial charge in [0.15, 0.2) is 0 Å². The molecule has 6 nitrogen and oxygen atoms in total. The lowest BCUT2D eigenvalue weighted by Gasteiger charge is -1.90. The van der Waals surface area contributed by atoms with Crippen molar-refractivity contribution in [2.45, 2.75) is 0 Å². The Morgan fingerprint density at radius 2 is 1.17 bits per heavy atom. The van der Waals surface area contributed by atoms with Crippen LogP contribution in [0.4, 0.5) is 0 Å². The summed E-state index contributed by atoms with van der Waals surface area (Å²) in [5, 5.41) is 6.40. The monoisotopic (exact) mass is 168 g/mol. The number of carbonyl (C=O) groups excluding carboxylic acids is 2. The second kappa shape index (κ2) is 4.02. The minimum Gasteiger partial charge on any atom is -0.364 e. The number of amides is 2. The van der Waals surface area contributed by atoms with Crippen molar-refractivity contribution in [2.24, 2.45) is 21.7 Å². The van der Waals surface area contributed by atoms with Gasteiger partial charge in [0.2, 0.25) is 0 Å². The summed E-state index contributed by atoms with van der Waals surface area (Å²) in [6, 6.07) is 0. The topological polar surface area (TPSA) is 111 Å². The van der Waals surface area contributed by atoms with Crippen LogP contribution in [0.3, 0.4) is 0 Å². The second-order valence-corrected chi connectivity index (χ2v) is 1.82. The molecule has 6 heteroatoms. The van der Waals surface area contributed by atoms with Crippen LogP contribution in [-0.4, -0.2) is 11.8 Å². The Balaban J connectivity index is 4.26. The average Bonchev–Trinajstić information content (AvgIpc) is 1.98. The molecule has 0 rings (SSSR count). The molecule has 0 fully saturated rings. The molecule has 2 amide bonds. The highest BCUT2D eigenvalue weighted by Crippen LogP contribution is 1.97. The van der Waals surface area contributed by atoms with Gasteiger partial charge in [-0.3, -0.25) is 9.59 Å². The van der Waals surface area contributed by atoms with Gasteiger partial charge in [0.25, 0.3) is 11.8 Å². The summed E-state index contributed by atoms with van der Waals surface area (Å²) in [6.45, 7) is 6.31. The van der Waals surface area contributed by atoms with E-state index in [0.29, 0.717) is 0 Å². The summed E-state index contributed by atoms with van der Waals surface area (Å²) in [5.41, 5.74) is 8.99. The Morgan fingerprint density at radius 3 is 1.33 bits per heavy atom. The van der Waals surface area contributed by atoms with Crippen LogP contribution in [-0.2, 0) is 9.59 Å². The van der Waals surface area contributed by atoms with Gasteiger partial charge in [0.05, 0.1) is 0 Å². The van der Waals surface area contributed by atoms with Crippen molar-refractivity contribution in [1.82, 2.24) is 0 Å². The van der Waals surface area contributed by atoms with Crippen LogP contribution < -0.4 is 11.5 Å². The van der Waals surface area contributed by atoms with E-state index in [4.69, 9.17) is 11.5 Å². The van der Waals surface area contributed by atoms with E-state index in [1.165, 1.54) is 0 Å². The third-order valence-electron chi connectivity index (χ3n) is 0.860. The van der Waals surface area contributed by atoms with Crippen LogP contribution in [0.1, 0.15) is 0 Å². The van der Waals surface area contributed by atoms with E-state index in [1.807, 2.05) is 0 Å². The number of nitrogens with zero attached hydrogens (tertiary/aromatic N) is 2. The third kappa shape index (κ3) is 3.25. The van der Waals surface area contributed by atoms with Crippen LogP contribution in [0.15, 0.2) is 34.8 Å². The lowest BCUT2D eigenvalue weighted by atomic mass is 10.5. The smallest absolute Gasteiger partial charge is 0.268 e. The first-order valence-electron chi connectivity index (χ1n) is 2.84. The van der Waals surface area contributed by atoms with Crippen molar-refractivity contribution < 1.29 is 9.59 Å². The average molecular weight is 168 g/mol. The van der Waals surface area contributed by atoms with Gasteiger partial charge < -0.3 is 11.5 Å². The molecule has 0 aromatic rings. The first-order valence-corrected chi connectivity index (χ1v) is 2.84. The molecule has 0 aromatic carbocycles. The van der Waals surface area contributed by atoms with Crippen LogP contribution in [0, 0.1) is 0 Å². The molecule has 0 aliphatic carbocycles. The van der Waals surface area contributed by atoms with E-state index in [-0.39, 0.29) is 11.4 Å². The van der Waals surface area contributed by atoms with E-state index in [0.717, 1.165) is 0 Å². The lowest BCUT2D eigenvalue weighted by molar-refractivity contribution is -0.115. The number of azo groups is 1. The zero-order valence-electron chi connectivity index (χ0n) is 6.28.